The van der Waals surface area contributed by atoms with Gasteiger partial charge < -0.3 is 20.3 Å². The maximum atomic E-state index is 11.9. The van der Waals surface area contributed by atoms with Crippen LogP contribution in [-0.2, 0) is 14.3 Å². The molecule has 2 aliphatic rings. The lowest BCUT2D eigenvalue weighted by molar-refractivity contribution is -0.141. The number of hydrogen-bond donors (Lipinski definition) is 2. The predicted octanol–water partition coefficient (Wildman–Crippen LogP) is -0.896. The Hall–Kier alpha value is -1.14. The maximum Gasteiger partial charge on any atom is 0.249 e. The third kappa shape index (κ3) is 3.96. The Labute approximate surface area is 107 Å². The summed E-state index contributed by atoms with van der Waals surface area (Å²) in [6, 6.07) is 0. The molecule has 2 saturated heterocycles. The molecule has 2 rings (SSSR count). The second kappa shape index (κ2) is 6.70. The van der Waals surface area contributed by atoms with Gasteiger partial charge in [0.15, 0.2) is 0 Å². The molecule has 2 amide bonds. The fraction of sp³-hybridized carbons (Fsp3) is 0.833. The fourth-order valence-electron chi connectivity index (χ4n) is 2.26. The second-order valence-electron chi connectivity index (χ2n) is 4.78. The highest BCUT2D eigenvalue weighted by molar-refractivity contribution is 5.85. The van der Waals surface area contributed by atoms with E-state index < -0.39 is 0 Å². The molecule has 102 valence electrons. The topological polar surface area (TPSA) is 70.7 Å². The zero-order valence-corrected chi connectivity index (χ0v) is 10.6. The van der Waals surface area contributed by atoms with Crippen LogP contribution in [0.2, 0.25) is 0 Å². The molecular formula is C12H21N3O3. The number of nitrogens with zero attached hydrogens (tertiary/aromatic N) is 1. The van der Waals surface area contributed by atoms with E-state index >= 15 is 0 Å². The van der Waals surface area contributed by atoms with Gasteiger partial charge in [-0.1, -0.05) is 0 Å². The van der Waals surface area contributed by atoms with Gasteiger partial charge in [-0.25, -0.2) is 0 Å². The van der Waals surface area contributed by atoms with E-state index in [0.717, 1.165) is 32.4 Å². The van der Waals surface area contributed by atoms with Gasteiger partial charge in [0.05, 0.1) is 12.6 Å². The van der Waals surface area contributed by atoms with Crippen molar-refractivity contribution in [2.45, 2.75) is 25.4 Å². The zero-order chi connectivity index (χ0) is 12.8. The van der Waals surface area contributed by atoms with E-state index in [4.69, 9.17) is 4.74 Å². The Morgan fingerprint density at radius 2 is 2.11 bits per heavy atom. The van der Waals surface area contributed by atoms with Crippen LogP contribution in [0.4, 0.5) is 0 Å². The number of hydrogen-bond acceptors (Lipinski definition) is 4. The largest absolute Gasteiger partial charge is 0.368 e. The van der Waals surface area contributed by atoms with Crippen molar-refractivity contribution < 1.29 is 14.3 Å². The lowest BCUT2D eigenvalue weighted by atomic mass is 10.1. The lowest BCUT2D eigenvalue weighted by Crippen LogP contribution is -2.41. The highest BCUT2D eigenvalue weighted by Crippen LogP contribution is 2.07. The standard InChI is InChI=1S/C12H21N3O3/c16-11-8-15(7-1-4-14-11)12(17)9-18-10-2-5-13-6-3-10/h10,13H,1-9H2,(H,14,16). The van der Waals surface area contributed by atoms with Gasteiger partial charge in [-0.2, -0.15) is 0 Å². The minimum absolute atomic E-state index is 0.0782. The summed E-state index contributed by atoms with van der Waals surface area (Å²) in [6.45, 7) is 3.44. The monoisotopic (exact) mass is 255 g/mol. The van der Waals surface area contributed by atoms with E-state index in [1.165, 1.54) is 0 Å². The Kier molecular flexibility index (Phi) is 4.95. The van der Waals surface area contributed by atoms with Gasteiger partial charge >= 0.3 is 0 Å². The molecule has 0 spiro atoms. The van der Waals surface area contributed by atoms with Crippen molar-refractivity contribution >= 4 is 11.8 Å². The van der Waals surface area contributed by atoms with Crippen LogP contribution in [-0.4, -0.2) is 62.1 Å². The van der Waals surface area contributed by atoms with Crippen LogP contribution in [0.3, 0.4) is 0 Å². The predicted molar refractivity (Wildman–Crippen MR) is 66.1 cm³/mol. The minimum Gasteiger partial charge on any atom is -0.368 e. The highest BCUT2D eigenvalue weighted by Gasteiger charge is 2.21. The number of rotatable bonds is 3. The molecule has 2 fully saturated rings. The van der Waals surface area contributed by atoms with Crippen LogP contribution in [0, 0.1) is 0 Å². The average Bonchev–Trinajstić information content (AvgIpc) is 2.62. The summed E-state index contributed by atoms with van der Waals surface area (Å²) in [6.07, 6.45) is 2.89. The molecular weight excluding hydrogens is 234 g/mol. The molecule has 0 bridgehead atoms. The number of amides is 2. The number of carbonyl (C=O) groups is 2. The number of carbonyl (C=O) groups excluding carboxylic acids is 2. The zero-order valence-electron chi connectivity index (χ0n) is 10.6. The summed E-state index contributed by atoms with van der Waals surface area (Å²) in [5, 5.41) is 6.00. The SMILES string of the molecule is O=C1CN(C(=O)COC2CCNCC2)CCCN1. The Balaban J connectivity index is 1.74. The Morgan fingerprint density at radius 3 is 2.89 bits per heavy atom. The first-order valence-electron chi connectivity index (χ1n) is 6.62. The quantitative estimate of drug-likeness (QED) is 0.686. The molecule has 0 aliphatic carbocycles. The molecule has 0 radical (unpaired) electrons. The van der Waals surface area contributed by atoms with Crippen LogP contribution >= 0.6 is 0 Å². The molecule has 0 aromatic rings. The molecule has 6 nitrogen and oxygen atoms in total. The Morgan fingerprint density at radius 1 is 1.33 bits per heavy atom. The van der Waals surface area contributed by atoms with Crippen molar-refractivity contribution in [1.82, 2.24) is 15.5 Å². The molecule has 0 atom stereocenters. The average molecular weight is 255 g/mol. The van der Waals surface area contributed by atoms with E-state index in [1.54, 1.807) is 4.90 Å². The third-order valence-corrected chi connectivity index (χ3v) is 3.34. The van der Waals surface area contributed by atoms with Gasteiger partial charge in [-0.05, 0) is 32.4 Å². The third-order valence-electron chi connectivity index (χ3n) is 3.34. The van der Waals surface area contributed by atoms with E-state index in [9.17, 15) is 9.59 Å². The van der Waals surface area contributed by atoms with Gasteiger partial charge in [0, 0.05) is 13.1 Å². The van der Waals surface area contributed by atoms with Crippen LogP contribution in [0.15, 0.2) is 0 Å². The molecule has 0 saturated carbocycles. The molecule has 2 heterocycles. The number of ether oxygens (including phenoxy) is 1. The van der Waals surface area contributed by atoms with Crippen molar-refractivity contribution in [3.8, 4) is 0 Å². The molecule has 18 heavy (non-hydrogen) atoms. The van der Waals surface area contributed by atoms with Crippen LogP contribution in [0.1, 0.15) is 19.3 Å². The van der Waals surface area contributed by atoms with Gasteiger partial charge in [0.1, 0.15) is 6.61 Å². The first kappa shape index (κ1) is 13.3. The van der Waals surface area contributed by atoms with Crippen LogP contribution < -0.4 is 10.6 Å². The summed E-state index contributed by atoms with van der Waals surface area (Å²) in [5.41, 5.74) is 0. The van der Waals surface area contributed by atoms with Gasteiger partial charge in [0.2, 0.25) is 11.8 Å². The van der Waals surface area contributed by atoms with Crippen molar-refractivity contribution in [2.24, 2.45) is 0 Å². The first-order valence-corrected chi connectivity index (χ1v) is 6.62. The number of nitrogens with one attached hydrogen (secondary N) is 2. The van der Waals surface area contributed by atoms with Gasteiger partial charge in [0.25, 0.3) is 0 Å². The van der Waals surface area contributed by atoms with E-state index in [2.05, 4.69) is 10.6 Å². The normalized spacial score (nSPS) is 22.4. The van der Waals surface area contributed by atoms with E-state index in [1.807, 2.05) is 0 Å². The molecule has 0 aromatic carbocycles. The summed E-state index contributed by atoms with van der Waals surface area (Å²) < 4.78 is 5.61. The van der Waals surface area contributed by atoms with Gasteiger partial charge in [-0.3, -0.25) is 9.59 Å². The van der Waals surface area contributed by atoms with E-state index in [0.29, 0.717) is 13.1 Å². The summed E-state index contributed by atoms with van der Waals surface area (Å²) >= 11 is 0. The highest BCUT2D eigenvalue weighted by atomic mass is 16.5. The molecule has 2 aliphatic heterocycles. The molecule has 2 N–H and O–H groups in total. The van der Waals surface area contributed by atoms with Crippen molar-refractivity contribution in [2.75, 3.05) is 39.3 Å². The molecule has 0 unspecified atom stereocenters. The Bertz CT molecular complexity index is 303. The smallest absolute Gasteiger partial charge is 0.249 e. The van der Waals surface area contributed by atoms with Crippen LogP contribution in [0.5, 0.6) is 0 Å². The summed E-state index contributed by atoms with van der Waals surface area (Å²) in [4.78, 5) is 24.9. The fourth-order valence-corrected chi connectivity index (χ4v) is 2.26. The summed E-state index contributed by atoms with van der Waals surface area (Å²) in [7, 11) is 0. The van der Waals surface area contributed by atoms with E-state index in [-0.39, 0.29) is 31.1 Å². The summed E-state index contributed by atoms with van der Waals surface area (Å²) in [5.74, 6) is -0.159. The lowest BCUT2D eigenvalue weighted by Gasteiger charge is -2.24. The number of piperidine rings is 1. The molecule has 0 aromatic heterocycles. The second-order valence-corrected chi connectivity index (χ2v) is 4.78. The van der Waals surface area contributed by atoms with Crippen molar-refractivity contribution in [1.29, 1.82) is 0 Å². The maximum absolute atomic E-state index is 11.9. The van der Waals surface area contributed by atoms with Gasteiger partial charge in [-0.15, -0.1) is 0 Å². The van der Waals surface area contributed by atoms with Crippen molar-refractivity contribution in [3.05, 3.63) is 0 Å². The first-order chi connectivity index (χ1) is 8.75. The minimum atomic E-state index is -0.0808. The van der Waals surface area contributed by atoms with Crippen LogP contribution in [0.25, 0.3) is 0 Å². The van der Waals surface area contributed by atoms with Crippen molar-refractivity contribution in [3.63, 3.8) is 0 Å². The molecule has 6 heteroatoms.